The van der Waals surface area contributed by atoms with Gasteiger partial charge in [0.15, 0.2) is 6.10 Å². The topological polar surface area (TPSA) is 74.2 Å². The Morgan fingerprint density at radius 3 is 2.64 bits per heavy atom. The molecule has 1 aliphatic heterocycles. The lowest BCUT2D eigenvalue weighted by atomic mass is 9.88. The van der Waals surface area contributed by atoms with Crippen LogP contribution in [0.1, 0.15) is 46.3 Å². The first kappa shape index (κ1) is 24.4. The highest BCUT2D eigenvalue weighted by molar-refractivity contribution is 7.22. The number of aromatic nitrogens is 1. The lowest BCUT2D eigenvalue weighted by molar-refractivity contribution is -0.206. The number of amides is 1. The lowest BCUT2D eigenvalue weighted by Crippen LogP contribution is -2.29. The van der Waals surface area contributed by atoms with Crippen LogP contribution in [0.2, 0.25) is 0 Å². The third-order valence-electron chi connectivity index (χ3n) is 6.44. The average molecular weight is 512 g/mol. The molecule has 2 atom stereocenters. The van der Waals surface area contributed by atoms with E-state index in [9.17, 15) is 23.1 Å². The van der Waals surface area contributed by atoms with E-state index in [0.717, 1.165) is 46.5 Å². The maximum absolute atomic E-state index is 13.3. The van der Waals surface area contributed by atoms with Gasteiger partial charge in [-0.3, -0.25) is 4.79 Å². The second kappa shape index (κ2) is 10.0. The first-order valence-corrected chi connectivity index (χ1v) is 12.5. The number of anilines is 1. The summed E-state index contributed by atoms with van der Waals surface area (Å²) >= 11 is 1.45. The quantitative estimate of drug-likeness (QED) is 0.295. The number of aliphatic hydroxyl groups is 1. The highest BCUT2D eigenvalue weighted by atomic mass is 32.1. The van der Waals surface area contributed by atoms with E-state index in [-0.39, 0.29) is 17.4 Å². The minimum Gasteiger partial charge on any atom is -0.379 e. The van der Waals surface area contributed by atoms with Crippen molar-refractivity contribution in [2.24, 2.45) is 0 Å². The molecule has 1 fully saturated rings. The number of halogens is 3. The summed E-state index contributed by atoms with van der Waals surface area (Å²) in [7, 11) is 0. The summed E-state index contributed by atoms with van der Waals surface area (Å²) in [6.07, 6.45) is -3.53. The van der Waals surface area contributed by atoms with E-state index in [1.54, 1.807) is 18.3 Å². The molecule has 1 aliphatic rings. The summed E-state index contributed by atoms with van der Waals surface area (Å²) in [5.41, 5.74) is 2.14. The van der Waals surface area contributed by atoms with E-state index < -0.39 is 12.3 Å². The highest BCUT2D eigenvalue weighted by Crippen LogP contribution is 2.38. The van der Waals surface area contributed by atoms with Crippen molar-refractivity contribution in [3.8, 4) is 10.4 Å². The molecule has 5 nitrogen and oxygen atoms in total. The van der Waals surface area contributed by atoms with Gasteiger partial charge in [-0.1, -0.05) is 42.5 Å². The normalized spacial score (nSPS) is 17.2. The standard InChI is InChI=1S/C27H24F3N3O2S/c28-27(29,30)24(34)17-9-7-16(8-10-17)23-14-21-22(36-23)11-13-32-25(21)33-26(35)20-6-2-1-5-19(20)18-4-3-12-31-15-18/h1-2,5-11,13-14,18,24,31,34H,3-4,12,15H2,(H,32,33,35)/t18-,24?/m0/s1. The van der Waals surface area contributed by atoms with Crippen LogP contribution in [-0.2, 0) is 0 Å². The van der Waals surface area contributed by atoms with Crippen molar-refractivity contribution in [3.05, 3.63) is 83.6 Å². The fraction of sp³-hybridized carbons (Fsp3) is 0.259. The van der Waals surface area contributed by atoms with Crippen LogP contribution in [0.25, 0.3) is 20.5 Å². The summed E-state index contributed by atoms with van der Waals surface area (Å²) in [4.78, 5) is 18.5. The van der Waals surface area contributed by atoms with Crippen molar-refractivity contribution in [1.29, 1.82) is 0 Å². The summed E-state index contributed by atoms with van der Waals surface area (Å²) in [5.74, 6) is 0.478. The van der Waals surface area contributed by atoms with Gasteiger partial charge in [0, 0.05) is 33.3 Å². The van der Waals surface area contributed by atoms with Crippen LogP contribution in [0, 0.1) is 0 Å². The Balaban J connectivity index is 1.41. The fourth-order valence-corrected chi connectivity index (χ4v) is 5.64. The van der Waals surface area contributed by atoms with Crippen LogP contribution in [0.4, 0.5) is 19.0 Å². The summed E-state index contributed by atoms with van der Waals surface area (Å²) < 4.78 is 39.3. The molecule has 3 heterocycles. The number of hydrogen-bond donors (Lipinski definition) is 3. The molecule has 5 rings (SSSR count). The predicted octanol–water partition coefficient (Wildman–Crippen LogP) is 6.28. The molecule has 2 aromatic carbocycles. The molecule has 0 saturated carbocycles. The van der Waals surface area contributed by atoms with Crippen LogP contribution in [0.3, 0.4) is 0 Å². The van der Waals surface area contributed by atoms with Gasteiger partial charge < -0.3 is 15.7 Å². The number of nitrogens with one attached hydrogen (secondary N) is 2. The predicted molar refractivity (Wildman–Crippen MR) is 135 cm³/mol. The zero-order valence-corrected chi connectivity index (χ0v) is 20.0. The number of aliphatic hydroxyl groups excluding tert-OH is 1. The minimum atomic E-state index is -4.72. The van der Waals surface area contributed by atoms with E-state index in [0.29, 0.717) is 16.9 Å². The van der Waals surface area contributed by atoms with Crippen molar-refractivity contribution in [2.45, 2.75) is 31.0 Å². The molecule has 1 saturated heterocycles. The van der Waals surface area contributed by atoms with Gasteiger partial charge in [0.1, 0.15) is 5.82 Å². The number of fused-ring (bicyclic) bond motifs is 1. The van der Waals surface area contributed by atoms with Crippen LogP contribution in [0.5, 0.6) is 0 Å². The maximum Gasteiger partial charge on any atom is 0.418 e. The Labute approximate surface area is 210 Å². The SMILES string of the molecule is O=C(Nc1nccc2sc(-c3ccc(C(O)C(F)(F)F)cc3)cc12)c1ccccc1[C@H]1CCCNC1. The number of carbonyl (C=O) groups excluding carboxylic acids is 1. The van der Waals surface area contributed by atoms with Crippen LogP contribution in [0.15, 0.2) is 66.9 Å². The van der Waals surface area contributed by atoms with Gasteiger partial charge >= 0.3 is 6.18 Å². The number of piperidine rings is 1. The molecule has 0 bridgehead atoms. The Kier molecular flexibility index (Phi) is 6.79. The molecule has 4 aromatic rings. The van der Waals surface area contributed by atoms with Crippen molar-refractivity contribution in [3.63, 3.8) is 0 Å². The van der Waals surface area contributed by atoms with E-state index in [1.807, 2.05) is 36.4 Å². The van der Waals surface area contributed by atoms with Crippen molar-refractivity contribution < 1.29 is 23.1 Å². The van der Waals surface area contributed by atoms with E-state index in [2.05, 4.69) is 15.6 Å². The molecule has 186 valence electrons. The van der Waals surface area contributed by atoms with Gasteiger partial charge in [-0.05, 0) is 60.2 Å². The molecule has 9 heteroatoms. The zero-order chi connectivity index (χ0) is 25.3. The number of thiophene rings is 1. The number of rotatable bonds is 5. The maximum atomic E-state index is 13.3. The molecule has 1 amide bonds. The third-order valence-corrected chi connectivity index (χ3v) is 7.59. The first-order chi connectivity index (χ1) is 17.3. The molecule has 0 spiro atoms. The largest absolute Gasteiger partial charge is 0.418 e. The number of alkyl halides is 3. The van der Waals surface area contributed by atoms with Gasteiger partial charge in [-0.15, -0.1) is 11.3 Å². The Bertz CT molecular complexity index is 1380. The Morgan fingerprint density at radius 1 is 1.14 bits per heavy atom. The van der Waals surface area contributed by atoms with Crippen LogP contribution >= 0.6 is 11.3 Å². The summed E-state index contributed by atoms with van der Waals surface area (Å²) in [6.45, 7) is 1.83. The van der Waals surface area contributed by atoms with Crippen molar-refractivity contribution >= 4 is 33.1 Å². The smallest absolute Gasteiger partial charge is 0.379 e. The zero-order valence-electron chi connectivity index (χ0n) is 19.2. The molecule has 0 radical (unpaired) electrons. The lowest BCUT2D eigenvalue weighted by Gasteiger charge is -2.25. The summed E-state index contributed by atoms with van der Waals surface area (Å²) in [5, 5.41) is 16.6. The van der Waals surface area contributed by atoms with Gasteiger partial charge in [-0.25, -0.2) is 4.98 Å². The highest BCUT2D eigenvalue weighted by Gasteiger charge is 2.39. The molecule has 36 heavy (non-hydrogen) atoms. The third kappa shape index (κ3) is 5.00. The second-order valence-electron chi connectivity index (χ2n) is 8.83. The molecule has 1 unspecified atom stereocenters. The fourth-order valence-electron chi connectivity index (χ4n) is 4.58. The monoisotopic (exact) mass is 511 g/mol. The van der Waals surface area contributed by atoms with E-state index in [4.69, 9.17) is 0 Å². The van der Waals surface area contributed by atoms with Gasteiger partial charge in [0.25, 0.3) is 5.91 Å². The molecule has 0 aliphatic carbocycles. The second-order valence-corrected chi connectivity index (χ2v) is 9.92. The van der Waals surface area contributed by atoms with Gasteiger partial charge in [-0.2, -0.15) is 13.2 Å². The van der Waals surface area contributed by atoms with Crippen LogP contribution < -0.4 is 10.6 Å². The molecular weight excluding hydrogens is 487 g/mol. The number of nitrogens with zero attached hydrogens (tertiary/aromatic N) is 1. The van der Waals surface area contributed by atoms with E-state index >= 15 is 0 Å². The van der Waals surface area contributed by atoms with Crippen molar-refractivity contribution in [2.75, 3.05) is 18.4 Å². The summed E-state index contributed by atoms with van der Waals surface area (Å²) in [6, 6.07) is 17.0. The van der Waals surface area contributed by atoms with Gasteiger partial charge in [0.2, 0.25) is 0 Å². The Morgan fingerprint density at radius 2 is 1.92 bits per heavy atom. The number of hydrogen-bond acceptors (Lipinski definition) is 5. The van der Waals surface area contributed by atoms with E-state index in [1.165, 1.54) is 23.5 Å². The Hall–Kier alpha value is -3.27. The molecule has 2 aromatic heterocycles. The van der Waals surface area contributed by atoms with Crippen LogP contribution in [-0.4, -0.2) is 35.3 Å². The van der Waals surface area contributed by atoms with Crippen molar-refractivity contribution in [1.82, 2.24) is 10.3 Å². The number of carbonyl (C=O) groups is 1. The minimum absolute atomic E-state index is 0.214. The number of pyridine rings is 1. The molecule has 3 N–H and O–H groups in total. The van der Waals surface area contributed by atoms with Gasteiger partial charge in [0.05, 0.1) is 0 Å². The average Bonchev–Trinajstić information content (AvgIpc) is 3.34. The molecular formula is C27H24F3N3O2S. The first-order valence-electron chi connectivity index (χ1n) is 11.7. The number of benzene rings is 2.